The summed E-state index contributed by atoms with van der Waals surface area (Å²) in [6, 6.07) is 4.07. The molecule has 0 aliphatic heterocycles. The van der Waals surface area contributed by atoms with Gasteiger partial charge in [0.15, 0.2) is 0 Å². The topological polar surface area (TPSA) is 55.1 Å². The fourth-order valence-corrected chi connectivity index (χ4v) is 2.92. The zero-order chi connectivity index (χ0) is 15.0. The van der Waals surface area contributed by atoms with Crippen LogP contribution >= 0.6 is 0 Å². The summed E-state index contributed by atoms with van der Waals surface area (Å²) in [7, 11) is 0. The number of aryl methyl sites for hydroxylation is 2. The summed E-state index contributed by atoms with van der Waals surface area (Å²) >= 11 is 0. The molecule has 1 N–H and O–H groups in total. The Morgan fingerprint density at radius 3 is 2.86 bits per heavy atom. The van der Waals surface area contributed by atoms with E-state index in [2.05, 4.69) is 4.98 Å². The predicted molar refractivity (Wildman–Crippen MR) is 76.1 cm³/mol. The minimum atomic E-state index is -1.11. The SMILES string of the molecule is Cc1nc2c(n1Cc1ccc(C(=O)O)cc1F)CCCC2. The Labute approximate surface area is 122 Å². The van der Waals surface area contributed by atoms with E-state index < -0.39 is 11.8 Å². The van der Waals surface area contributed by atoms with E-state index in [1.165, 1.54) is 11.8 Å². The number of hydrogen-bond donors (Lipinski definition) is 1. The highest BCUT2D eigenvalue weighted by atomic mass is 19.1. The molecule has 0 radical (unpaired) electrons. The monoisotopic (exact) mass is 288 g/mol. The van der Waals surface area contributed by atoms with Gasteiger partial charge in [0.1, 0.15) is 11.6 Å². The number of carbonyl (C=O) groups is 1. The number of halogens is 1. The molecule has 1 heterocycles. The average Bonchev–Trinajstić information content (AvgIpc) is 2.77. The first-order valence-electron chi connectivity index (χ1n) is 7.13. The summed E-state index contributed by atoms with van der Waals surface area (Å²) in [6.07, 6.45) is 4.26. The van der Waals surface area contributed by atoms with Gasteiger partial charge in [-0.25, -0.2) is 14.2 Å². The van der Waals surface area contributed by atoms with E-state index in [0.717, 1.165) is 43.3 Å². The van der Waals surface area contributed by atoms with Gasteiger partial charge in [-0.15, -0.1) is 0 Å². The molecule has 0 bridgehead atoms. The summed E-state index contributed by atoms with van der Waals surface area (Å²) in [4.78, 5) is 15.4. The van der Waals surface area contributed by atoms with Crippen molar-refractivity contribution in [3.8, 4) is 0 Å². The summed E-state index contributed by atoms with van der Waals surface area (Å²) in [5, 5.41) is 8.88. The third-order valence-corrected chi connectivity index (χ3v) is 4.05. The van der Waals surface area contributed by atoms with Crippen molar-refractivity contribution in [1.82, 2.24) is 9.55 Å². The first-order valence-corrected chi connectivity index (χ1v) is 7.13. The van der Waals surface area contributed by atoms with Crippen LogP contribution in [-0.2, 0) is 19.4 Å². The first kappa shape index (κ1) is 13.8. The molecule has 0 atom stereocenters. The van der Waals surface area contributed by atoms with Crippen molar-refractivity contribution >= 4 is 5.97 Å². The molecule has 3 rings (SSSR count). The zero-order valence-corrected chi connectivity index (χ0v) is 11.9. The summed E-state index contributed by atoms with van der Waals surface area (Å²) in [5.74, 6) is -0.701. The molecule has 0 unspecified atom stereocenters. The minimum absolute atomic E-state index is 0.0272. The van der Waals surface area contributed by atoms with Crippen LogP contribution in [0, 0.1) is 12.7 Å². The number of imidazole rings is 1. The van der Waals surface area contributed by atoms with Crippen LogP contribution in [0.15, 0.2) is 18.2 Å². The van der Waals surface area contributed by atoms with Crippen LogP contribution in [0.2, 0.25) is 0 Å². The van der Waals surface area contributed by atoms with Crippen LogP contribution < -0.4 is 0 Å². The molecule has 0 saturated heterocycles. The molecule has 21 heavy (non-hydrogen) atoms. The third kappa shape index (κ3) is 2.55. The Morgan fingerprint density at radius 2 is 2.14 bits per heavy atom. The summed E-state index contributed by atoms with van der Waals surface area (Å²) in [5.41, 5.74) is 2.79. The maximum absolute atomic E-state index is 14.1. The summed E-state index contributed by atoms with van der Waals surface area (Å²) in [6.45, 7) is 2.34. The third-order valence-electron chi connectivity index (χ3n) is 4.05. The lowest BCUT2D eigenvalue weighted by molar-refractivity contribution is 0.0696. The standard InChI is InChI=1S/C16H17FN2O2/c1-10-18-14-4-2-3-5-15(14)19(10)9-12-7-6-11(16(20)21)8-13(12)17/h6-8H,2-5,9H2,1H3,(H,20,21). The lowest BCUT2D eigenvalue weighted by Crippen LogP contribution is -2.11. The minimum Gasteiger partial charge on any atom is -0.478 e. The van der Waals surface area contributed by atoms with Gasteiger partial charge >= 0.3 is 5.97 Å². The van der Waals surface area contributed by atoms with Gasteiger partial charge in [-0.1, -0.05) is 6.07 Å². The molecule has 110 valence electrons. The Morgan fingerprint density at radius 1 is 1.38 bits per heavy atom. The largest absolute Gasteiger partial charge is 0.478 e. The van der Waals surface area contributed by atoms with Gasteiger partial charge in [0, 0.05) is 11.3 Å². The number of carboxylic acid groups (broad SMARTS) is 1. The maximum Gasteiger partial charge on any atom is 0.335 e. The van der Waals surface area contributed by atoms with Crippen LogP contribution in [0.3, 0.4) is 0 Å². The van der Waals surface area contributed by atoms with Gasteiger partial charge in [0.25, 0.3) is 0 Å². The second-order valence-electron chi connectivity index (χ2n) is 5.46. The van der Waals surface area contributed by atoms with E-state index in [9.17, 15) is 9.18 Å². The highest BCUT2D eigenvalue weighted by Gasteiger charge is 2.19. The van der Waals surface area contributed by atoms with Gasteiger partial charge in [0.2, 0.25) is 0 Å². The summed E-state index contributed by atoms with van der Waals surface area (Å²) < 4.78 is 16.1. The van der Waals surface area contributed by atoms with Crippen LogP contribution in [0.4, 0.5) is 4.39 Å². The molecule has 0 amide bonds. The van der Waals surface area contributed by atoms with Crippen molar-refractivity contribution in [1.29, 1.82) is 0 Å². The van der Waals surface area contributed by atoms with Gasteiger partial charge in [-0.2, -0.15) is 0 Å². The fraction of sp³-hybridized carbons (Fsp3) is 0.375. The smallest absolute Gasteiger partial charge is 0.335 e. The normalized spacial score (nSPS) is 14.0. The molecule has 2 aromatic rings. The molecule has 0 spiro atoms. The van der Waals surface area contributed by atoms with Crippen molar-refractivity contribution in [2.24, 2.45) is 0 Å². The lowest BCUT2D eigenvalue weighted by Gasteiger charge is -2.15. The lowest BCUT2D eigenvalue weighted by atomic mass is 10.0. The van der Waals surface area contributed by atoms with E-state index in [1.807, 2.05) is 11.5 Å². The van der Waals surface area contributed by atoms with Crippen LogP contribution in [0.5, 0.6) is 0 Å². The Kier molecular flexibility index (Phi) is 3.49. The van der Waals surface area contributed by atoms with E-state index in [1.54, 1.807) is 6.07 Å². The molecule has 1 aliphatic carbocycles. The molecule has 4 nitrogen and oxygen atoms in total. The van der Waals surface area contributed by atoms with Crippen molar-refractivity contribution in [3.63, 3.8) is 0 Å². The van der Waals surface area contributed by atoms with Crippen LogP contribution in [0.25, 0.3) is 0 Å². The molecule has 5 heteroatoms. The molecule has 0 fully saturated rings. The van der Waals surface area contributed by atoms with Crippen molar-refractivity contribution < 1.29 is 14.3 Å². The Hall–Kier alpha value is -2.17. The van der Waals surface area contributed by atoms with Crippen molar-refractivity contribution in [2.45, 2.75) is 39.2 Å². The van der Waals surface area contributed by atoms with E-state index >= 15 is 0 Å². The number of nitrogens with zero attached hydrogens (tertiary/aromatic N) is 2. The molecule has 1 aliphatic rings. The zero-order valence-electron chi connectivity index (χ0n) is 11.9. The fourth-order valence-electron chi connectivity index (χ4n) is 2.92. The maximum atomic E-state index is 14.1. The number of rotatable bonds is 3. The van der Waals surface area contributed by atoms with Gasteiger partial charge in [0.05, 0.1) is 17.8 Å². The first-order chi connectivity index (χ1) is 10.1. The van der Waals surface area contributed by atoms with Gasteiger partial charge in [-0.05, 0) is 44.7 Å². The molecular weight excluding hydrogens is 271 g/mol. The highest BCUT2D eigenvalue weighted by molar-refractivity contribution is 5.87. The Balaban J connectivity index is 1.94. The Bertz CT molecular complexity index is 707. The molecule has 1 aromatic heterocycles. The van der Waals surface area contributed by atoms with E-state index in [0.29, 0.717) is 12.1 Å². The average molecular weight is 288 g/mol. The van der Waals surface area contributed by atoms with Crippen molar-refractivity contribution in [2.75, 3.05) is 0 Å². The predicted octanol–water partition coefficient (Wildman–Crippen LogP) is 2.96. The van der Waals surface area contributed by atoms with Crippen LogP contribution in [0.1, 0.15) is 46.0 Å². The second-order valence-corrected chi connectivity index (χ2v) is 5.46. The van der Waals surface area contributed by atoms with Crippen LogP contribution in [-0.4, -0.2) is 20.6 Å². The highest BCUT2D eigenvalue weighted by Crippen LogP contribution is 2.23. The number of benzene rings is 1. The van der Waals surface area contributed by atoms with Crippen molar-refractivity contribution in [3.05, 3.63) is 52.4 Å². The van der Waals surface area contributed by atoms with E-state index in [4.69, 9.17) is 5.11 Å². The molecule has 0 saturated carbocycles. The van der Waals surface area contributed by atoms with Gasteiger partial charge in [-0.3, -0.25) is 0 Å². The number of hydrogen-bond acceptors (Lipinski definition) is 2. The quantitative estimate of drug-likeness (QED) is 0.944. The van der Waals surface area contributed by atoms with Gasteiger partial charge < -0.3 is 9.67 Å². The molecule has 1 aromatic carbocycles. The number of aromatic carboxylic acids is 1. The van der Waals surface area contributed by atoms with E-state index in [-0.39, 0.29) is 5.56 Å². The second kappa shape index (κ2) is 5.31. The number of carboxylic acids is 1. The molecular formula is C16H17FN2O2. The number of fused-ring (bicyclic) bond motifs is 1. The number of aromatic nitrogens is 2.